The number of H-pyrrole nitrogens is 1. The Kier molecular flexibility index (Phi) is 3.45. The van der Waals surface area contributed by atoms with Gasteiger partial charge in [-0.2, -0.15) is 9.49 Å². The number of aromatic nitrogens is 4. The fourth-order valence-electron chi connectivity index (χ4n) is 1.76. The molecule has 2 aromatic heterocycles. The molecule has 2 heterocycles. The van der Waals surface area contributed by atoms with E-state index in [9.17, 15) is 4.39 Å². The van der Waals surface area contributed by atoms with Gasteiger partial charge in [0, 0.05) is 11.8 Å². The van der Waals surface area contributed by atoms with Crippen LogP contribution in [0.3, 0.4) is 0 Å². The molecule has 0 fully saturated rings. The molecule has 0 aliphatic heterocycles. The quantitative estimate of drug-likeness (QED) is 0.439. The van der Waals surface area contributed by atoms with Gasteiger partial charge in [-0.25, -0.2) is 9.97 Å². The molecule has 8 heteroatoms. The lowest BCUT2D eigenvalue weighted by atomic mass is 10.2. The topological polar surface area (TPSA) is 66.5 Å². The van der Waals surface area contributed by atoms with Crippen molar-refractivity contribution in [2.24, 2.45) is 0 Å². The number of aromatic amines is 1. The third-order valence-electron chi connectivity index (χ3n) is 2.64. The third kappa shape index (κ3) is 2.54. The summed E-state index contributed by atoms with van der Waals surface area (Å²) in [5.41, 5.74) is 1.26. The van der Waals surface area contributed by atoms with Gasteiger partial charge < -0.3 is 5.32 Å². The average Bonchev–Trinajstić information content (AvgIpc) is 2.79. The molecule has 0 amide bonds. The van der Waals surface area contributed by atoms with Gasteiger partial charge in [-0.15, -0.1) is 0 Å². The number of fused-ring (bicyclic) bond motifs is 1. The SMILES string of the molecule is CSc1nc(Cl)cc(Nc2ccc3n[nH]c(F)c3c2)n1. The maximum atomic E-state index is 13.5. The first-order valence-corrected chi connectivity index (χ1v) is 7.25. The highest BCUT2D eigenvalue weighted by Gasteiger charge is 2.07. The lowest BCUT2D eigenvalue weighted by Crippen LogP contribution is -1.96. The van der Waals surface area contributed by atoms with E-state index >= 15 is 0 Å². The summed E-state index contributed by atoms with van der Waals surface area (Å²) >= 11 is 7.31. The minimum Gasteiger partial charge on any atom is -0.340 e. The maximum Gasteiger partial charge on any atom is 0.216 e. The van der Waals surface area contributed by atoms with Crippen LogP contribution in [0.15, 0.2) is 29.4 Å². The Labute approximate surface area is 123 Å². The van der Waals surface area contributed by atoms with Gasteiger partial charge >= 0.3 is 0 Å². The van der Waals surface area contributed by atoms with E-state index in [1.54, 1.807) is 24.3 Å². The van der Waals surface area contributed by atoms with Gasteiger partial charge in [-0.1, -0.05) is 23.4 Å². The molecule has 3 rings (SSSR count). The molecule has 5 nitrogen and oxygen atoms in total. The van der Waals surface area contributed by atoms with Crippen LogP contribution in [0.4, 0.5) is 15.9 Å². The van der Waals surface area contributed by atoms with Crippen molar-refractivity contribution in [2.75, 3.05) is 11.6 Å². The highest BCUT2D eigenvalue weighted by molar-refractivity contribution is 7.98. The second-order valence-corrected chi connectivity index (χ2v) is 5.12. The van der Waals surface area contributed by atoms with Crippen LogP contribution in [-0.4, -0.2) is 26.4 Å². The highest BCUT2D eigenvalue weighted by atomic mass is 35.5. The zero-order valence-corrected chi connectivity index (χ0v) is 11.9. The molecule has 0 aliphatic carbocycles. The van der Waals surface area contributed by atoms with Crippen LogP contribution in [0.25, 0.3) is 10.9 Å². The van der Waals surface area contributed by atoms with E-state index in [4.69, 9.17) is 11.6 Å². The van der Waals surface area contributed by atoms with E-state index < -0.39 is 5.95 Å². The number of halogens is 2. The Bertz CT molecular complexity index is 776. The van der Waals surface area contributed by atoms with Crippen molar-refractivity contribution in [1.29, 1.82) is 0 Å². The maximum absolute atomic E-state index is 13.5. The van der Waals surface area contributed by atoms with Gasteiger partial charge in [0.2, 0.25) is 5.95 Å². The molecular formula is C12H9ClFN5S. The van der Waals surface area contributed by atoms with Crippen molar-refractivity contribution in [3.8, 4) is 0 Å². The first kappa shape index (κ1) is 13.1. The predicted molar refractivity (Wildman–Crippen MR) is 78.2 cm³/mol. The Morgan fingerprint density at radius 1 is 1.30 bits per heavy atom. The van der Waals surface area contributed by atoms with E-state index in [0.717, 1.165) is 0 Å². The number of hydrogen-bond donors (Lipinski definition) is 2. The first-order valence-electron chi connectivity index (χ1n) is 5.65. The second-order valence-electron chi connectivity index (χ2n) is 3.96. The normalized spacial score (nSPS) is 10.9. The molecule has 3 aromatic rings. The van der Waals surface area contributed by atoms with Crippen LogP contribution < -0.4 is 5.32 Å². The van der Waals surface area contributed by atoms with E-state index in [0.29, 0.717) is 32.7 Å². The Morgan fingerprint density at radius 2 is 2.15 bits per heavy atom. The lowest BCUT2D eigenvalue weighted by Gasteiger charge is -2.07. The zero-order chi connectivity index (χ0) is 14.1. The number of thioether (sulfide) groups is 1. The van der Waals surface area contributed by atoms with Gasteiger partial charge in [0.1, 0.15) is 11.0 Å². The summed E-state index contributed by atoms with van der Waals surface area (Å²) in [6, 6.07) is 6.77. The molecule has 0 aliphatic rings. The van der Waals surface area contributed by atoms with E-state index in [1.165, 1.54) is 11.8 Å². The number of anilines is 2. The standard InChI is InChI=1S/C12H9ClFN5S/c1-20-12-16-9(13)5-10(17-12)15-6-2-3-8-7(4-6)11(14)19-18-8/h2-5H,1H3,(H,18,19)(H,15,16,17). The summed E-state index contributed by atoms with van der Waals surface area (Å²) in [6.07, 6.45) is 1.86. The van der Waals surface area contributed by atoms with Crippen molar-refractivity contribution in [3.05, 3.63) is 35.4 Å². The van der Waals surface area contributed by atoms with Crippen LogP contribution >= 0.6 is 23.4 Å². The van der Waals surface area contributed by atoms with Gasteiger partial charge in [0.25, 0.3) is 0 Å². The molecule has 0 saturated heterocycles. The number of nitrogens with zero attached hydrogens (tertiary/aromatic N) is 3. The van der Waals surface area contributed by atoms with Crippen LogP contribution in [-0.2, 0) is 0 Å². The summed E-state index contributed by atoms with van der Waals surface area (Å²) < 4.78 is 13.5. The number of hydrogen-bond acceptors (Lipinski definition) is 5. The molecule has 0 bridgehead atoms. The molecule has 0 radical (unpaired) electrons. The van der Waals surface area contributed by atoms with Gasteiger partial charge in [0.15, 0.2) is 5.16 Å². The van der Waals surface area contributed by atoms with Crippen molar-refractivity contribution in [3.63, 3.8) is 0 Å². The lowest BCUT2D eigenvalue weighted by molar-refractivity contribution is 0.588. The minimum atomic E-state index is -0.464. The smallest absolute Gasteiger partial charge is 0.216 e. The van der Waals surface area contributed by atoms with Gasteiger partial charge in [0.05, 0.1) is 10.9 Å². The minimum absolute atomic E-state index is 0.349. The van der Waals surface area contributed by atoms with Crippen LogP contribution in [0.1, 0.15) is 0 Å². The largest absolute Gasteiger partial charge is 0.340 e. The summed E-state index contributed by atoms with van der Waals surface area (Å²) in [5.74, 6) is 0.0896. The summed E-state index contributed by atoms with van der Waals surface area (Å²) in [4.78, 5) is 8.33. The first-order chi connectivity index (χ1) is 9.65. The number of benzene rings is 1. The predicted octanol–water partition coefficient (Wildman–Crippen LogP) is 3.61. The zero-order valence-electron chi connectivity index (χ0n) is 10.3. The molecule has 0 unspecified atom stereocenters. The fraction of sp³-hybridized carbons (Fsp3) is 0.0833. The number of nitrogens with one attached hydrogen (secondary N) is 2. The highest BCUT2D eigenvalue weighted by Crippen LogP contribution is 2.24. The molecule has 0 atom stereocenters. The van der Waals surface area contributed by atoms with E-state index in [-0.39, 0.29) is 0 Å². The van der Waals surface area contributed by atoms with Gasteiger partial charge in [-0.3, -0.25) is 5.10 Å². The summed E-state index contributed by atoms with van der Waals surface area (Å²) in [6.45, 7) is 0. The van der Waals surface area contributed by atoms with Crippen LogP contribution in [0.5, 0.6) is 0 Å². The summed E-state index contributed by atoms with van der Waals surface area (Å²) in [7, 11) is 0. The summed E-state index contributed by atoms with van der Waals surface area (Å²) in [5, 5.41) is 10.5. The monoisotopic (exact) mass is 309 g/mol. The number of rotatable bonds is 3. The third-order valence-corrected chi connectivity index (χ3v) is 3.38. The molecule has 102 valence electrons. The molecule has 20 heavy (non-hydrogen) atoms. The molecular weight excluding hydrogens is 301 g/mol. The van der Waals surface area contributed by atoms with E-state index in [1.807, 2.05) is 6.26 Å². The van der Waals surface area contributed by atoms with E-state index in [2.05, 4.69) is 25.5 Å². The van der Waals surface area contributed by atoms with Crippen molar-refractivity contribution in [1.82, 2.24) is 20.2 Å². The second kappa shape index (κ2) is 5.26. The van der Waals surface area contributed by atoms with Crippen LogP contribution in [0, 0.1) is 5.95 Å². The molecule has 2 N–H and O–H groups in total. The Balaban J connectivity index is 1.96. The fourth-order valence-corrected chi connectivity index (χ4v) is 2.37. The van der Waals surface area contributed by atoms with Crippen LogP contribution in [0.2, 0.25) is 5.15 Å². The molecule has 0 saturated carbocycles. The molecule has 0 spiro atoms. The molecule has 1 aromatic carbocycles. The van der Waals surface area contributed by atoms with Gasteiger partial charge in [-0.05, 0) is 24.5 Å². The Morgan fingerprint density at radius 3 is 2.95 bits per heavy atom. The van der Waals surface area contributed by atoms with Crippen molar-refractivity contribution >= 4 is 45.8 Å². The van der Waals surface area contributed by atoms with Crippen molar-refractivity contribution < 1.29 is 4.39 Å². The van der Waals surface area contributed by atoms with Crippen molar-refractivity contribution in [2.45, 2.75) is 5.16 Å². The average molecular weight is 310 g/mol. The Hall–Kier alpha value is -1.86.